The van der Waals surface area contributed by atoms with Gasteiger partial charge in [-0.25, -0.2) is 0 Å². The van der Waals surface area contributed by atoms with Gasteiger partial charge in [0.25, 0.3) is 0 Å². The predicted octanol–water partition coefficient (Wildman–Crippen LogP) is 0.321. The first kappa shape index (κ1) is 14.7. The van der Waals surface area contributed by atoms with E-state index in [9.17, 15) is 5.11 Å². The summed E-state index contributed by atoms with van der Waals surface area (Å²) in [6.07, 6.45) is 3.08. The molecule has 20 heavy (non-hydrogen) atoms. The summed E-state index contributed by atoms with van der Waals surface area (Å²) in [5.41, 5.74) is -0.772. The number of ether oxygens (including phenoxy) is 2. The molecule has 0 unspecified atom stereocenters. The molecule has 1 N–H and O–H groups in total. The average molecular weight is 284 g/mol. The van der Waals surface area contributed by atoms with E-state index in [-0.39, 0.29) is 11.6 Å². The number of nitrogens with zero attached hydrogens (tertiary/aromatic N) is 2. The molecule has 5 heteroatoms. The molecule has 3 aliphatic rings. The summed E-state index contributed by atoms with van der Waals surface area (Å²) in [5.74, 6) is 0. The molecule has 0 radical (unpaired) electrons. The third kappa shape index (κ3) is 2.62. The fourth-order valence-electron chi connectivity index (χ4n) is 3.84. The van der Waals surface area contributed by atoms with Crippen molar-refractivity contribution in [2.45, 2.75) is 49.5 Å². The van der Waals surface area contributed by atoms with E-state index in [4.69, 9.17) is 9.47 Å². The summed E-state index contributed by atoms with van der Waals surface area (Å²) < 4.78 is 11.4. The number of rotatable bonds is 2. The predicted molar refractivity (Wildman–Crippen MR) is 76.8 cm³/mol. The molecule has 0 aromatic heterocycles. The van der Waals surface area contributed by atoms with Gasteiger partial charge in [-0.05, 0) is 40.3 Å². The first-order valence-corrected chi connectivity index (χ1v) is 7.76. The van der Waals surface area contributed by atoms with Crippen molar-refractivity contribution in [1.82, 2.24) is 9.80 Å². The third-order valence-corrected chi connectivity index (χ3v) is 5.42. The van der Waals surface area contributed by atoms with Gasteiger partial charge in [0.05, 0.1) is 31.5 Å². The second-order valence-corrected chi connectivity index (χ2v) is 7.24. The molecular weight excluding hydrogens is 256 g/mol. The molecule has 3 saturated heterocycles. The van der Waals surface area contributed by atoms with Crippen molar-refractivity contribution < 1.29 is 14.6 Å². The zero-order valence-corrected chi connectivity index (χ0v) is 13.0. The smallest absolute Gasteiger partial charge is 0.101 e. The Morgan fingerprint density at radius 1 is 1.20 bits per heavy atom. The van der Waals surface area contributed by atoms with Crippen LogP contribution in [0.25, 0.3) is 0 Å². The molecule has 0 bridgehead atoms. The fraction of sp³-hybridized carbons (Fsp3) is 1.00. The van der Waals surface area contributed by atoms with Gasteiger partial charge in [0.15, 0.2) is 0 Å². The monoisotopic (exact) mass is 284 g/mol. The van der Waals surface area contributed by atoms with Crippen LogP contribution in [-0.2, 0) is 9.47 Å². The highest BCUT2D eigenvalue weighted by molar-refractivity contribution is 5.02. The molecule has 0 aromatic carbocycles. The quantitative estimate of drug-likeness (QED) is 0.791. The summed E-state index contributed by atoms with van der Waals surface area (Å²) >= 11 is 0. The van der Waals surface area contributed by atoms with E-state index in [2.05, 4.69) is 23.9 Å². The Kier molecular flexibility index (Phi) is 3.84. The molecule has 3 rings (SSSR count). The second-order valence-electron chi connectivity index (χ2n) is 7.24. The Hall–Kier alpha value is -0.200. The van der Waals surface area contributed by atoms with Gasteiger partial charge in [-0.3, -0.25) is 4.90 Å². The van der Waals surface area contributed by atoms with Gasteiger partial charge in [-0.2, -0.15) is 0 Å². The van der Waals surface area contributed by atoms with Crippen LogP contribution in [0.4, 0.5) is 0 Å². The minimum atomic E-state index is -0.742. The molecule has 3 aliphatic heterocycles. The fourth-order valence-corrected chi connectivity index (χ4v) is 3.84. The van der Waals surface area contributed by atoms with E-state index >= 15 is 0 Å². The molecule has 0 aliphatic carbocycles. The Labute approximate surface area is 121 Å². The Balaban J connectivity index is 1.62. The van der Waals surface area contributed by atoms with Crippen LogP contribution in [0, 0.1) is 0 Å². The highest BCUT2D eigenvalue weighted by atomic mass is 16.5. The van der Waals surface area contributed by atoms with E-state index < -0.39 is 5.60 Å². The maximum atomic E-state index is 10.5. The summed E-state index contributed by atoms with van der Waals surface area (Å²) in [6, 6.07) is 0.804. The normalized spacial score (nSPS) is 39.1. The minimum Gasteiger partial charge on any atom is -0.386 e. The molecule has 0 amide bonds. The topological polar surface area (TPSA) is 45.2 Å². The van der Waals surface area contributed by atoms with Crippen molar-refractivity contribution in [3.05, 3.63) is 0 Å². The van der Waals surface area contributed by atoms with Crippen LogP contribution < -0.4 is 0 Å². The molecule has 3 heterocycles. The third-order valence-electron chi connectivity index (χ3n) is 5.42. The molecular formula is C15H28N2O3. The van der Waals surface area contributed by atoms with Crippen molar-refractivity contribution >= 4 is 0 Å². The highest BCUT2D eigenvalue weighted by Crippen LogP contribution is 2.40. The molecule has 3 fully saturated rings. The lowest BCUT2D eigenvalue weighted by Gasteiger charge is -2.53. The van der Waals surface area contributed by atoms with Crippen molar-refractivity contribution in [2.75, 3.05) is 47.0 Å². The average Bonchev–Trinajstić information content (AvgIpc) is 2.33. The standard InChI is InChI=1S/C15H28N2O3/c1-14(18)11-20-15(8-13(14)16(2)3)4-6-17(7-5-15)12-9-19-10-12/h12-13,18H,4-11H2,1-3H3/t13-,14-/m0/s1. The largest absolute Gasteiger partial charge is 0.386 e. The number of hydrogen-bond donors (Lipinski definition) is 1. The van der Waals surface area contributed by atoms with Crippen LogP contribution >= 0.6 is 0 Å². The molecule has 116 valence electrons. The number of piperidine rings is 1. The van der Waals surface area contributed by atoms with E-state index in [1.54, 1.807) is 0 Å². The van der Waals surface area contributed by atoms with Crippen LogP contribution in [0.1, 0.15) is 26.2 Å². The lowest BCUT2D eigenvalue weighted by atomic mass is 9.77. The summed E-state index contributed by atoms with van der Waals surface area (Å²) in [4.78, 5) is 4.69. The minimum absolute atomic E-state index is 0.0295. The van der Waals surface area contributed by atoms with Crippen LogP contribution in [0.3, 0.4) is 0 Å². The van der Waals surface area contributed by atoms with Crippen LogP contribution in [0.2, 0.25) is 0 Å². The van der Waals surface area contributed by atoms with Gasteiger partial charge in [-0.1, -0.05) is 0 Å². The SMILES string of the molecule is CN(C)[C@H]1CC2(CCN(C3COC3)CC2)OC[C@]1(C)O. The first-order valence-electron chi connectivity index (χ1n) is 7.76. The Morgan fingerprint density at radius 3 is 2.35 bits per heavy atom. The summed E-state index contributed by atoms with van der Waals surface area (Å²) in [6.45, 7) is 6.31. The van der Waals surface area contributed by atoms with Gasteiger partial charge >= 0.3 is 0 Å². The van der Waals surface area contributed by atoms with Crippen LogP contribution in [0.5, 0.6) is 0 Å². The zero-order valence-electron chi connectivity index (χ0n) is 13.0. The molecule has 1 spiro atoms. The van der Waals surface area contributed by atoms with Gasteiger partial charge in [0.1, 0.15) is 5.60 Å². The zero-order chi connectivity index (χ0) is 14.4. The maximum absolute atomic E-state index is 10.5. The number of likely N-dealkylation sites (tertiary alicyclic amines) is 1. The first-order chi connectivity index (χ1) is 9.42. The van der Waals surface area contributed by atoms with E-state index in [0.717, 1.165) is 45.6 Å². The number of aliphatic hydroxyl groups is 1. The van der Waals surface area contributed by atoms with Crippen molar-refractivity contribution in [2.24, 2.45) is 0 Å². The van der Waals surface area contributed by atoms with Gasteiger partial charge in [0.2, 0.25) is 0 Å². The Bertz CT molecular complexity index is 347. The van der Waals surface area contributed by atoms with Crippen molar-refractivity contribution in [1.29, 1.82) is 0 Å². The van der Waals surface area contributed by atoms with Gasteiger partial charge in [-0.15, -0.1) is 0 Å². The van der Waals surface area contributed by atoms with Crippen LogP contribution in [-0.4, -0.2) is 85.2 Å². The van der Waals surface area contributed by atoms with Crippen molar-refractivity contribution in [3.8, 4) is 0 Å². The second kappa shape index (κ2) is 5.21. The maximum Gasteiger partial charge on any atom is 0.101 e. The molecule has 0 aromatic rings. The molecule has 5 nitrogen and oxygen atoms in total. The number of hydrogen-bond acceptors (Lipinski definition) is 5. The van der Waals surface area contributed by atoms with Crippen LogP contribution in [0.15, 0.2) is 0 Å². The lowest BCUT2D eigenvalue weighted by molar-refractivity contribution is -0.211. The molecule has 0 saturated carbocycles. The van der Waals surface area contributed by atoms with Crippen molar-refractivity contribution in [3.63, 3.8) is 0 Å². The van der Waals surface area contributed by atoms with E-state index in [0.29, 0.717) is 12.6 Å². The summed E-state index contributed by atoms with van der Waals surface area (Å²) in [7, 11) is 4.11. The van der Waals surface area contributed by atoms with E-state index in [1.165, 1.54) is 0 Å². The Morgan fingerprint density at radius 2 is 1.85 bits per heavy atom. The van der Waals surface area contributed by atoms with E-state index in [1.807, 2.05) is 6.92 Å². The summed E-state index contributed by atoms with van der Waals surface area (Å²) in [5, 5.41) is 10.5. The number of likely N-dealkylation sites (N-methyl/N-ethyl adjacent to an activating group) is 1. The van der Waals surface area contributed by atoms with Gasteiger partial charge < -0.3 is 19.5 Å². The lowest BCUT2D eigenvalue weighted by Crippen LogP contribution is -2.64. The van der Waals surface area contributed by atoms with Gasteiger partial charge in [0, 0.05) is 19.1 Å². The molecule has 2 atom stereocenters. The highest BCUT2D eigenvalue weighted by Gasteiger charge is 2.49.